The molecule has 0 bridgehead atoms. The first-order valence-corrected chi connectivity index (χ1v) is 12.9. The Hall–Kier alpha value is -2.54. The summed E-state index contributed by atoms with van der Waals surface area (Å²) in [6.45, 7) is 13.6. The summed E-state index contributed by atoms with van der Waals surface area (Å²) in [4.78, 5) is 18.9. The summed E-state index contributed by atoms with van der Waals surface area (Å²) in [5, 5.41) is 14.2. The molecule has 34 heavy (non-hydrogen) atoms. The Labute approximate surface area is 202 Å². The molecular formula is C27H40N6O. The number of hydrogen-bond acceptors (Lipinski definition) is 5. The van der Waals surface area contributed by atoms with Crippen LogP contribution in [-0.4, -0.2) is 36.1 Å². The second kappa shape index (κ2) is 9.98. The van der Waals surface area contributed by atoms with Crippen molar-refractivity contribution in [1.82, 2.24) is 30.1 Å². The van der Waals surface area contributed by atoms with Crippen LogP contribution in [0, 0.1) is 13.8 Å². The van der Waals surface area contributed by atoms with Gasteiger partial charge in [0.2, 0.25) is 0 Å². The average Bonchev–Trinajstić information content (AvgIpc) is 3.49. The van der Waals surface area contributed by atoms with E-state index in [-0.39, 0.29) is 17.1 Å². The lowest BCUT2D eigenvalue weighted by Gasteiger charge is -2.37. The van der Waals surface area contributed by atoms with Crippen LogP contribution in [0.1, 0.15) is 101 Å². The topological polar surface area (TPSA) is 79.7 Å². The SMILES string of the molecule is CCC[C@H](c1nnnn1C(C)(C)CC)N(Cc1cc2c(C)cc(C)cc2[nH]c1=O)C1CCCC1. The molecular weight excluding hydrogens is 424 g/mol. The van der Waals surface area contributed by atoms with Crippen molar-refractivity contribution in [3.63, 3.8) is 0 Å². The molecule has 0 unspecified atom stereocenters. The lowest BCUT2D eigenvalue weighted by molar-refractivity contribution is 0.102. The summed E-state index contributed by atoms with van der Waals surface area (Å²) in [6.07, 6.45) is 7.71. The number of benzene rings is 1. The molecule has 1 fully saturated rings. The Morgan fingerprint density at radius 1 is 1.18 bits per heavy atom. The van der Waals surface area contributed by atoms with Gasteiger partial charge in [0, 0.05) is 29.1 Å². The predicted octanol–water partition coefficient (Wildman–Crippen LogP) is 5.56. The lowest BCUT2D eigenvalue weighted by atomic mass is 9.99. The number of aryl methyl sites for hydroxylation is 2. The van der Waals surface area contributed by atoms with Crippen molar-refractivity contribution in [2.75, 3.05) is 0 Å². The van der Waals surface area contributed by atoms with Gasteiger partial charge in [0.1, 0.15) is 0 Å². The van der Waals surface area contributed by atoms with Crippen molar-refractivity contribution < 1.29 is 0 Å². The second-order valence-corrected chi connectivity index (χ2v) is 10.7. The van der Waals surface area contributed by atoms with Crippen LogP contribution in [0.2, 0.25) is 0 Å². The number of nitrogens with zero attached hydrogens (tertiary/aromatic N) is 5. The summed E-state index contributed by atoms with van der Waals surface area (Å²) in [7, 11) is 0. The largest absolute Gasteiger partial charge is 0.322 e. The quantitative estimate of drug-likeness (QED) is 0.448. The zero-order chi connectivity index (χ0) is 24.5. The predicted molar refractivity (Wildman–Crippen MR) is 137 cm³/mol. The molecule has 184 valence electrons. The van der Waals surface area contributed by atoms with Gasteiger partial charge in [0.25, 0.3) is 5.56 Å². The number of pyridine rings is 1. The number of aromatic amines is 1. The van der Waals surface area contributed by atoms with E-state index in [1.165, 1.54) is 18.4 Å². The van der Waals surface area contributed by atoms with Gasteiger partial charge in [-0.3, -0.25) is 9.69 Å². The van der Waals surface area contributed by atoms with Gasteiger partial charge >= 0.3 is 0 Å². The van der Waals surface area contributed by atoms with Gasteiger partial charge < -0.3 is 4.98 Å². The van der Waals surface area contributed by atoms with E-state index in [2.05, 4.69) is 85.2 Å². The molecule has 0 amide bonds. The molecule has 3 aromatic rings. The summed E-state index contributed by atoms with van der Waals surface area (Å²) >= 11 is 0. The molecule has 1 aliphatic rings. The Bertz CT molecular complexity index is 1190. The van der Waals surface area contributed by atoms with Crippen molar-refractivity contribution in [3.05, 3.63) is 51.1 Å². The lowest BCUT2D eigenvalue weighted by Crippen LogP contribution is -2.41. The highest BCUT2D eigenvalue weighted by molar-refractivity contribution is 5.83. The fourth-order valence-electron chi connectivity index (χ4n) is 5.46. The molecule has 0 radical (unpaired) electrons. The molecule has 0 aliphatic heterocycles. The van der Waals surface area contributed by atoms with E-state index in [0.29, 0.717) is 12.6 Å². The van der Waals surface area contributed by atoms with Crippen LogP contribution in [0.25, 0.3) is 10.9 Å². The van der Waals surface area contributed by atoms with Gasteiger partial charge in [0.05, 0.1) is 11.6 Å². The minimum atomic E-state index is -0.165. The molecule has 1 aliphatic carbocycles. The van der Waals surface area contributed by atoms with Crippen molar-refractivity contribution in [1.29, 1.82) is 0 Å². The molecule has 1 N–H and O–H groups in total. The van der Waals surface area contributed by atoms with Gasteiger partial charge in [-0.1, -0.05) is 39.2 Å². The van der Waals surface area contributed by atoms with Gasteiger partial charge in [-0.15, -0.1) is 5.10 Å². The Kier molecular flexibility index (Phi) is 7.22. The number of tetrazole rings is 1. The van der Waals surface area contributed by atoms with Crippen LogP contribution in [0.15, 0.2) is 23.0 Å². The van der Waals surface area contributed by atoms with E-state index >= 15 is 0 Å². The van der Waals surface area contributed by atoms with Crippen molar-refractivity contribution in [3.8, 4) is 0 Å². The maximum absolute atomic E-state index is 13.2. The third-order valence-corrected chi connectivity index (χ3v) is 7.73. The summed E-state index contributed by atoms with van der Waals surface area (Å²) in [5.74, 6) is 0.921. The summed E-state index contributed by atoms with van der Waals surface area (Å²) in [5.41, 5.74) is 3.93. The highest BCUT2D eigenvalue weighted by atomic mass is 16.1. The maximum atomic E-state index is 13.2. The first-order chi connectivity index (χ1) is 16.2. The highest BCUT2D eigenvalue weighted by Crippen LogP contribution is 2.36. The minimum absolute atomic E-state index is 0.00391. The number of nitrogens with one attached hydrogen (secondary N) is 1. The molecule has 0 spiro atoms. The number of rotatable bonds is 9. The first-order valence-electron chi connectivity index (χ1n) is 12.9. The Morgan fingerprint density at radius 2 is 1.91 bits per heavy atom. The fourth-order valence-corrected chi connectivity index (χ4v) is 5.46. The van der Waals surface area contributed by atoms with Gasteiger partial charge in [0.15, 0.2) is 5.82 Å². The molecule has 0 saturated heterocycles. The molecule has 1 saturated carbocycles. The molecule has 4 rings (SSSR count). The number of fused-ring (bicyclic) bond motifs is 1. The highest BCUT2D eigenvalue weighted by Gasteiger charge is 2.35. The second-order valence-electron chi connectivity index (χ2n) is 10.7. The third kappa shape index (κ3) is 4.81. The summed E-state index contributed by atoms with van der Waals surface area (Å²) < 4.78 is 2.02. The van der Waals surface area contributed by atoms with E-state index in [1.54, 1.807) is 0 Å². The zero-order valence-electron chi connectivity index (χ0n) is 21.7. The van der Waals surface area contributed by atoms with E-state index < -0.39 is 0 Å². The zero-order valence-corrected chi connectivity index (χ0v) is 21.7. The van der Waals surface area contributed by atoms with E-state index in [4.69, 9.17) is 0 Å². The third-order valence-electron chi connectivity index (χ3n) is 7.73. The standard InChI is InChI=1S/C27H40N6O/c1-7-11-24(25-29-30-31-33(25)27(5,6)8-2)32(21-12-9-10-13-21)17-20-16-22-19(4)14-18(3)15-23(22)28-26(20)34/h14-16,21,24H,7-13,17H2,1-6H3,(H,28,34)/t24-/m1/s1. The van der Waals surface area contributed by atoms with Crippen molar-refractivity contribution in [2.24, 2.45) is 0 Å². The first kappa shape index (κ1) is 24.6. The van der Waals surface area contributed by atoms with Crippen LogP contribution in [0.5, 0.6) is 0 Å². The van der Waals surface area contributed by atoms with Crippen LogP contribution in [-0.2, 0) is 12.1 Å². The smallest absolute Gasteiger partial charge is 0.252 e. The number of H-pyrrole nitrogens is 1. The number of hydrogen-bond donors (Lipinski definition) is 1. The van der Waals surface area contributed by atoms with Gasteiger partial charge in [-0.05, 0) is 87.1 Å². The van der Waals surface area contributed by atoms with Crippen molar-refractivity contribution in [2.45, 2.75) is 111 Å². The van der Waals surface area contributed by atoms with E-state index in [1.807, 2.05) is 4.68 Å². The monoisotopic (exact) mass is 464 g/mol. The summed E-state index contributed by atoms with van der Waals surface area (Å²) in [6, 6.07) is 6.85. The molecule has 7 nitrogen and oxygen atoms in total. The average molecular weight is 465 g/mol. The Balaban J connectivity index is 1.79. The molecule has 1 aromatic carbocycles. The van der Waals surface area contributed by atoms with E-state index in [9.17, 15) is 4.79 Å². The van der Waals surface area contributed by atoms with Crippen LogP contribution in [0.3, 0.4) is 0 Å². The van der Waals surface area contributed by atoms with Crippen molar-refractivity contribution >= 4 is 10.9 Å². The molecule has 1 atom stereocenters. The van der Waals surface area contributed by atoms with E-state index in [0.717, 1.165) is 60.0 Å². The molecule has 2 aromatic heterocycles. The fraction of sp³-hybridized carbons (Fsp3) is 0.630. The van der Waals surface area contributed by atoms with Gasteiger partial charge in [-0.2, -0.15) is 0 Å². The molecule has 7 heteroatoms. The van der Waals surface area contributed by atoms with Crippen LogP contribution >= 0.6 is 0 Å². The maximum Gasteiger partial charge on any atom is 0.252 e. The van der Waals surface area contributed by atoms with Gasteiger partial charge in [-0.25, -0.2) is 4.68 Å². The molecule has 2 heterocycles. The van der Waals surface area contributed by atoms with Crippen LogP contribution in [0.4, 0.5) is 0 Å². The van der Waals surface area contributed by atoms with Crippen LogP contribution < -0.4 is 5.56 Å². The normalized spacial score (nSPS) is 16.1. The minimum Gasteiger partial charge on any atom is -0.322 e. The number of aromatic nitrogens is 5. The Morgan fingerprint density at radius 3 is 2.59 bits per heavy atom.